The third kappa shape index (κ3) is 4.65. The second kappa shape index (κ2) is 7.23. The van der Waals surface area contributed by atoms with E-state index in [2.05, 4.69) is 43.3 Å². The van der Waals surface area contributed by atoms with Gasteiger partial charge in [-0.3, -0.25) is 0 Å². The van der Waals surface area contributed by atoms with Crippen LogP contribution in [0.1, 0.15) is 44.7 Å². The summed E-state index contributed by atoms with van der Waals surface area (Å²) < 4.78 is 5.57. The van der Waals surface area contributed by atoms with Crippen molar-refractivity contribution in [1.82, 2.24) is 4.90 Å². The Morgan fingerprint density at radius 3 is 2.60 bits per heavy atom. The second-order valence-electron chi connectivity index (χ2n) is 8.66. The van der Waals surface area contributed by atoms with Crippen LogP contribution >= 0.6 is 0 Å². The van der Waals surface area contributed by atoms with Gasteiger partial charge in [-0.1, -0.05) is 42.0 Å². The highest BCUT2D eigenvalue weighted by molar-refractivity contribution is 5.68. The Labute approximate surface area is 152 Å². The molecule has 1 aromatic rings. The largest absolute Gasteiger partial charge is 0.444 e. The number of hydrogen-bond acceptors (Lipinski definition) is 2. The summed E-state index contributed by atoms with van der Waals surface area (Å²) in [4.78, 5) is 14.3. The first kappa shape index (κ1) is 18.0. The molecular formula is C22H31NO2. The number of carbonyl (C=O) groups is 1. The van der Waals surface area contributed by atoms with Crippen molar-refractivity contribution < 1.29 is 9.53 Å². The number of ether oxygens (including phenoxy) is 1. The molecule has 3 rings (SSSR count). The van der Waals surface area contributed by atoms with Crippen molar-refractivity contribution in [2.24, 2.45) is 17.8 Å². The van der Waals surface area contributed by atoms with E-state index in [1.165, 1.54) is 17.5 Å². The molecule has 1 fully saturated rings. The minimum atomic E-state index is -0.425. The first-order valence-corrected chi connectivity index (χ1v) is 9.52. The van der Waals surface area contributed by atoms with Gasteiger partial charge < -0.3 is 9.64 Å². The molecule has 136 valence electrons. The molecule has 1 aromatic carbocycles. The molecule has 0 radical (unpaired) electrons. The van der Waals surface area contributed by atoms with E-state index >= 15 is 0 Å². The van der Waals surface area contributed by atoms with Gasteiger partial charge in [0.05, 0.1) is 0 Å². The van der Waals surface area contributed by atoms with Crippen LogP contribution in [0.3, 0.4) is 0 Å². The molecule has 1 heterocycles. The fraction of sp³-hybridized carbons (Fsp3) is 0.591. The van der Waals surface area contributed by atoms with Crippen molar-refractivity contribution in [3.63, 3.8) is 0 Å². The number of hydrogen-bond donors (Lipinski definition) is 0. The van der Waals surface area contributed by atoms with Crippen LogP contribution in [0.2, 0.25) is 0 Å². The summed E-state index contributed by atoms with van der Waals surface area (Å²) in [5.74, 6) is 1.72. The lowest BCUT2D eigenvalue weighted by Crippen LogP contribution is -2.35. The summed E-state index contributed by atoms with van der Waals surface area (Å²) in [6, 6.07) is 8.87. The summed E-state index contributed by atoms with van der Waals surface area (Å²) >= 11 is 0. The van der Waals surface area contributed by atoms with Crippen molar-refractivity contribution >= 4 is 6.09 Å². The summed E-state index contributed by atoms with van der Waals surface area (Å²) in [6.07, 6.45) is 7.92. The Hall–Kier alpha value is -1.77. The molecule has 1 amide bonds. The Morgan fingerprint density at radius 1 is 1.20 bits per heavy atom. The molecule has 0 saturated carbocycles. The molecule has 1 saturated heterocycles. The second-order valence-corrected chi connectivity index (χ2v) is 8.66. The normalized spacial score (nSPS) is 25.8. The number of benzene rings is 1. The van der Waals surface area contributed by atoms with E-state index < -0.39 is 5.60 Å². The topological polar surface area (TPSA) is 29.5 Å². The predicted molar refractivity (Wildman–Crippen MR) is 102 cm³/mol. The number of allylic oxidation sites excluding steroid dienone is 1. The molecule has 3 atom stereocenters. The van der Waals surface area contributed by atoms with Crippen LogP contribution in [0.5, 0.6) is 0 Å². The Bertz CT molecular complexity index is 626. The van der Waals surface area contributed by atoms with Gasteiger partial charge in [0, 0.05) is 13.1 Å². The van der Waals surface area contributed by atoms with Crippen molar-refractivity contribution in [1.29, 1.82) is 0 Å². The zero-order valence-electron chi connectivity index (χ0n) is 16.0. The van der Waals surface area contributed by atoms with Gasteiger partial charge in [-0.05, 0) is 70.3 Å². The zero-order chi connectivity index (χ0) is 18.0. The summed E-state index contributed by atoms with van der Waals surface area (Å²) in [7, 11) is 0. The molecule has 3 nitrogen and oxygen atoms in total. The maximum atomic E-state index is 12.4. The monoisotopic (exact) mass is 341 g/mol. The van der Waals surface area contributed by atoms with Gasteiger partial charge in [0.25, 0.3) is 0 Å². The van der Waals surface area contributed by atoms with Crippen molar-refractivity contribution in [3.8, 4) is 0 Å². The number of amides is 1. The fourth-order valence-corrected chi connectivity index (χ4v) is 4.07. The maximum absolute atomic E-state index is 12.4. The predicted octanol–water partition coefficient (Wildman–Crippen LogP) is 4.99. The number of nitrogens with zero attached hydrogens (tertiary/aromatic N) is 1. The van der Waals surface area contributed by atoms with E-state index in [0.29, 0.717) is 17.8 Å². The highest BCUT2D eigenvalue weighted by Gasteiger charge is 2.40. The van der Waals surface area contributed by atoms with Crippen LogP contribution in [-0.2, 0) is 11.2 Å². The smallest absolute Gasteiger partial charge is 0.410 e. The molecule has 1 aliphatic heterocycles. The van der Waals surface area contributed by atoms with Gasteiger partial charge in [-0.2, -0.15) is 0 Å². The molecule has 0 unspecified atom stereocenters. The number of carbonyl (C=O) groups excluding carboxylic acids is 1. The van der Waals surface area contributed by atoms with Crippen molar-refractivity contribution in [2.45, 2.75) is 52.6 Å². The average molecular weight is 341 g/mol. The van der Waals surface area contributed by atoms with Crippen LogP contribution in [0, 0.1) is 24.7 Å². The number of fused-ring (bicyclic) bond motifs is 1. The summed E-state index contributed by atoms with van der Waals surface area (Å²) in [5, 5.41) is 0. The number of aryl methyl sites for hydroxylation is 2. The van der Waals surface area contributed by atoms with E-state index in [1.54, 1.807) is 0 Å². The zero-order valence-corrected chi connectivity index (χ0v) is 16.0. The third-order valence-corrected chi connectivity index (χ3v) is 5.42. The standard InChI is InChI=1S/C22H31NO2/c1-16-8-10-17(11-9-16)12-13-18-6-5-7-19-14-23(15-20(18)19)21(24)25-22(2,3)4/h5,7-11,18-20H,6,12-15H2,1-4H3/t18-,19+,20-/m0/s1. The first-order chi connectivity index (χ1) is 11.8. The van der Waals surface area contributed by atoms with Crippen LogP contribution in [-0.4, -0.2) is 29.7 Å². The lowest BCUT2D eigenvalue weighted by molar-refractivity contribution is 0.0282. The number of likely N-dealkylation sites (tertiary alicyclic amines) is 1. The van der Waals surface area contributed by atoms with Crippen LogP contribution in [0.15, 0.2) is 36.4 Å². The van der Waals surface area contributed by atoms with Gasteiger partial charge >= 0.3 is 6.09 Å². The van der Waals surface area contributed by atoms with Gasteiger partial charge in [-0.25, -0.2) is 4.79 Å². The molecular weight excluding hydrogens is 310 g/mol. The lowest BCUT2D eigenvalue weighted by atomic mass is 9.75. The highest BCUT2D eigenvalue weighted by Crippen LogP contribution is 2.39. The molecule has 3 heteroatoms. The molecule has 0 bridgehead atoms. The molecule has 2 aliphatic rings. The fourth-order valence-electron chi connectivity index (χ4n) is 4.07. The molecule has 25 heavy (non-hydrogen) atoms. The molecule has 0 aromatic heterocycles. The Balaban J connectivity index is 1.59. The van der Waals surface area contributed by atoms with Crippen LogP contribution < -0.4 is 0 Å². The number of rotatable bonds is 3. The lowest BCUT2D eigenvalue weighted by Gasteiger charge is -2.29. The van der Waals surface area contributed by atoms with E-state index in [0.717, 1.165) is 25.9 Å². The molecule has 0 spiro atoms. The van der Waals surface area contributed by atoms with Gasteiger partial charge in [-0.15, -0.1) is 0 Å². The first-order valence-electron chi connectivity index (χ1n) is 9.52. The summed E-state index contributed by atoms with van der Waals surface area (Å²) in [5.41, 5.74) is 2.30. The van der Waals surface area contributed by atoms with E-state index in [1.807, 2.05) is 25.7 Å². The SMILES string of the molecule is Cc1ccc(CC[C@@H]2CC=C[C@@H]3CN(C(=O)OC(C)(C)C)C[C@@H]23)cc1. The van der Waals surface area contributed by atoms with Gasteiger partial charge in [0.2, 0.25) is 0 Å². The van der Waals surface area contributed by atoms with E-state index in [9.17, 15) is 4.79 Å². The minimum absolute atomic E-state index is 0.160. The van der Waals surface area contributed by atoms with Crippen LogP contribution in [0.25, 0.3) is 0 Å². The van der Waals surface area contributed by atoms with Gasteiger partial charge in [0.15, 0.2) is 0 Å². The molecule has 0 N–H and O–H groups in total. The van der Waals surface area contributed by atoms with Crippen molar-refractivity contribution in [2.75, 3.05) is 13.1 Å². The Morgan fingerprint density at radius 2 is 1.92 bits per heavy atom. The van der Waals surface area contributed by atoms with E-state index in [4.69, 9.17) is 4.74 Å². The minimum Gasteiger partial charge on any atom is -0.444 e. The maximum Gasteiger partial charge on any atom is 0.410 e. The summed E-state index contributed by atoms with van der Waals surface area (Å²) in [6.45, 7) is 9.55. The third-order valence-electron chi connectivity index (χ3n) is 5.42. The van der Waals surface area contributed by atoms with E-state index in [-0.39, 0.29) is 6.09 Å². The van der Waals surface area contributed by atoms with Crippen molar-refractivity contribution in [3.05, 3.63) is 47.5 Å². The quantitative estimate of drug-likeness (QED) is 0.725. The molecule has 1 aliphatic carbocycles. The van der Waals surface area contributed by atoms with Gasteiger partial charge in [0.1, 0.15) is 5.60 Å². The average Bonchev–Trinajstić information content (AvgIpc) is 2.98. The van der Waals surface area contributed by atoms with Crippen LogP contribution in [0.4, 0.5) is 4.79 Å². The highest BCUT2D eigenvalue weighted by atomic mass is 16.6. The Kier molecular flexibility index (Phi) is 5.21.